The molecule has 3 N–H and O–H groups in total. The van der Waals surface area contributed by atoms with Gasteiger partial charge < -0.3 is 11.1 Å². The van der Waals surface area contributed by atoms with Crippen molar-refractivity contribution in [3.05, 3.63) is 88.3 Å². The van der Waals surface area contributed by atoms with Gasteiger partial charge >= 0.3 is 0 Å². The van der Waals surface area contributed by atoms with Gasteiger partial charge in [-0.1, -0.05) is 88.4 Å². The SMILES string of the molecule is C=C1Nc2cc(/C=C(\CCCC3CCC3)c3ccc(C(C)(F)F)cc3C)ccc2CC1N1CCCCC1.CC.NC=C1CCC1. The van der Waals surface area contributed by atoms with Crippen LogP contribution in [0.15, 0.2) is 60.4 Å². The number of anilines is 1. The molecule has 1 atom stereocenters. The van der Waals surface area contributed by atoms with Crippen molar-refractivity contribution in [2.45, 2.75) is 123 Å². The summed E-state index contributed by atoms with van der Waals surface area (Å²) in [7, 11) is 0. The number of hydrogen-bond donors (Lipinski definition) is 2. The first kappa shape index (κ1) is 34.9. The molecular formula is C40H57F2N3. The van der Waals surface area contributed by atoms with E-state index in [2.05, 4.69) is 41.1 Å². The van der Waals surface area contributed by atoms with Crippen LogP contribution in [0, 0.1) is 12.8 Å². The van der Waals surface area contributed by atoms with Crippen molar-refractivity contribution < 1.29 is 8.78 Å². The third-order valence-corrected chi connectivity index (χ3v) is 10.0. The van der Waals surface area contributed by atoms with Crippen LogP contribution in [0.4, 0.5) is 14.5 Å². The summed E-state index contributed by atoms with van der Waals surface area (Å²) >= 11 is 0. The molecule has 0 aromatic heterocycles. The number of nitrogens with zero attached hydrogens (tertiary/aromatic N) is 1. The highest BCUT2D eigenvalue weighted by molar-refractivity contribution is 5.84. The number of aryl methyl sites for hydroxylation is 1. The van der Waals surface area contributed by atoms with Crippen LogP contribution in [0.1, 0.15) is 126 Å². The molecule has 2 saturated carbocycles. The summed E-state index contributed by atoms with van der Waals surface area (Å²) in [5.74, 6) is -1.95. The number of likely N-dealkylation sites (tertiary alicyclic amines) is 1. The van der Waals surface area contributed by atoms with Gasteiger partial charge in [0.15, 0.2) is 0 Å². The van der Waals surface area contributed by atoms with Crippen LogP contribution >= 0.6 is 0 Å². The number of hydrogen-bond acceptors (Lipinski definition) is 3. The Morgan fingerprint density at radius 2 is 1.76 bits per heavy atom. The fourth-order valence-electron chi connectivity index (χ4n) is 6.84. The molecule has 3 fully saturated rings. The molecule has 6 rings (SSSR count). The number of fused-ring (bicyclic) bond motifs is 1. The number of nitrogens with one attached hydrogen (secondary N) is 1. The lowest BCUT2D eigenvalue weighted by Gasteiger charge is -2.39. The Morgan fingerprint density at radius 1 is 1.02 bits per heavy atom. The zero-order valence-electron chi connectivity index (χ0n) is 28.4. The molecule has 246 valence electrons. The number of alkyl halides is 2. The average molecular weight is 618 g/mol. The van der Waals surface area contributed by atoms with Gasteiger partial charge in [0, 0.05) is 23.9 Å². The number of halogens is 2. The zero-order valence-corrected chi connectivity index (χ0v) is 28.4. The van der Waals surface area contributed by atoms with E-state index in [-0.39, 0.29) is 5.56 Å². The van der Waals surface area contributed by atoms with Crippen LogP contribution < -0.4 is 11.1 Å². The first-order chi connectivity index (χ1) is 21.7. The Hall–Kier alpha value is -2.92. The van der Waals surface area contributed by atoms with E-state index in [1.807, 2.05) is 26.8 Å². The highest BCUT2D eigenvalue weighted by Gasteiger charge is 2.28. The number of rotatable bonds is 8. The van der Waals surface area contributed by atoms with Gasteiger partial charge in [-0.2, -0.15) is 0 Å². The first-order valence-corrected chi connectivity index (χ1v) is 17.6. The van der Waals surface area contributed by atoms with E-state index in [9.17, 15) is 8.78 Å². The van der Waals surface area contributed by atoms with Gasteiger partial charge in [-0.25, -0.2) is 8.78 Å². The van der Waals surface area contributed by atoms with Crippen molar-refractivity contribution in [3.8, 4) is 0 Å². The fourth-order valence-corrected chi connectivity index (χ4v) is 6.84. The maximum Gasteiger partial charge on any atom is 0.270 e. The van der Waals surface area contributed by atoms with Crippen molar-refractivity contribution in [2.24, 2.45) is 11.7 Å². The fraction of sp³-hybridized carbons (Fsp3) is 0.550. The van der Waals surface area contributed by atoms with Crippen LogP contribution in [0.5, 0.6) is 0 Å². The summed E-state index contributed by atoms with van der Waals surface area (Å²) in [5.41, 5.74) is 14.7. The Bertz CT molecular complexity index is 1320. The van der Waals surface area contributed by atoms with Gasteiger partial charge in [-0.3, -0.25) is 4.90 Å². The van der Waals surface area contributed by atoms with Gasteiger partial charge in [0.2, 0.25) is 0 Å². The molecule has 3 nitrogen and oxygen atoms in total. The summed E-state index contributed by atoms with van der Waals surface area (Å²) in [5, 5.41) is 3.62. The second kappa shape index (κ2) is 16.6. The topological polar surface area (TPSA) is 41.3 Å². The van der Waals surface area contributed by atoms with Crippen LogP contribution in [0.25, 0.3) is 11.6 Å². The molecule has 0 bridgehead atoms. The second-order valence-corrected chi connectivity index (χ2v) is 13.3. The Labute approximate surface area is 272 Å². The minimum Gasteiger partial charge on any atom is -0.405 e. The molecule has 2 aromatic rings. The van der Waals surface area contributed by atoms with E-state index in [0.717, 1.165) is 73.3 Å². The molecule has 1 saturated heterocycles. The van der Waals surface area contributed by atoms with E-state index >= 15 is 0 Å². The number of piperidine rings is 1. The van der Waals surface area contributed by atoms with Gasteiger partial charge in [-0.15, -0.1) is 0 Å². The standard InChI is InChI=1S/C33H42F2N2.C5H9N.C2H6/c1-23-19-29(33(3,34)35)15-16-30(23)27(12-8-11-25-9-7-10-25)20-26-13-14-28-22-32(24(2)36-31(28)21-26)37-17-5-4-6-18-37;6-4-5-2-1-3-5;1-2/h13-16,19-21,25,32,36H,2,4-12,17-18,22H2,1,3H3;4H,1-3,6H2;1-2H3/b27-20+;;. The average Bonchev–Trinajstić information content (AvgIpc) is 2.98. The van der Waals surface area contributed by atoms with Crippen LogP contribution in [0.3, 0.4) is 0 Å². The normalized spacial score (nSPS) is 20.3. The van der Waals surface area contributed by atoms with E-state index in [1.54, 1.807) is 18.3 Å². The Kier molecular flexibility index (Phi) is 12.9. The predicted octanol–water partition coefficient (Wildman–Crippen LogP) is 11.0. The Balaban J connectivity index is 0.000000509. The summed E-state index contributed by atoms with van der Waals surface area (Å²) in [6.07, 6.45) is 20.2. The second-order valence-electron chi connectivity index (χ2n) is 13.3. The van der Waals surface area contributed by atoms with E-state index < -0.39 is 5.92 Å². The molecule has 2 aliphatic carbocycles. The minimum atomic E-state index is -2.82. The third kappa shape index (κ3) is 9.54. The van der Waals surface area contributed by atoms with Crippen LogP contribution in [-0.2, 0) is 12.3 Å². The lowest BCUT2D eigenvalue weighted by atomic mass is 9.81. The van der Waals surface area contributed by atoms with Crippen molar-refractivity contribution in [1.82, 2.24) is 4.90 Å². The van der Waals surface area contributed by atoms with E-state index in [1.165, 1.54) is 80.9 Å². The van der Waals surface area contributed by atoms with E-state index in [0.29, 0.717) is 6.04 Å². The highest BCUT2D eigenvalue weighted by Crippen LogP contribution is 2.37. The van der Waals surface area contributed by atoms with Crippen molar-refractivity contribution >= 4 is 17.3 Å². The molecule has 0 spiro atoms. The molecule has 0 radical (unpaired) electrons. The van der Waals surface area contributed by atoms with Crippen molar-refractivity contribution in [3.63, 3.8) is 0 Å². The third-order valence-electron chi connectivity index (χ3n) is 10.0. The number of allylic oxidation sites excluding steroid dienone is 2. The quantitative estimate of drug-likeness (QED) is 0.290. The maximum absolute atomic E-state index is 14.0. The molecule has 2 heterocycles. The largest absolute Gasteiger partial charge is 0.405 e. The lowest BCUT2D eigenvalue weighted by molar-refractivity contribution is 0.0174. The predicted molar refractivity (Wildman–Crippen MR) is 189 cm³/mol. The van der Waals surface area contributed by atoms with Crippen molar-refractivity contribution in [1.29, 1.82) is 0 Å². The number of benzene rings is 2. The van der Waals surface area contributed by atoms with Gasteiger partial charge in [-0.05, 0) is 123 Å². The maximum atomic E-state index is 14.0. The number of nitrogens with two attached hydrogens (primary N) is 1. The molecule has 45 heavy (non-hydrogen) atoms. The van der Waals surface area contributed by atoms with Gasteiger partial charge in [0.25, 0.3) is 5.92 Å². The summed E-state index contributed by atoms with van der Waals surface area (Å²) < 4.78 is 27.9. The summed E-state index contributed by atoms with van der Waals surface area (Å²) in [4.78, 5) is 2.59. The van der Waals surface area contributed by atoms with Gasteiger partial charge in [0.1, 0.15) is 0 Å². The first-order valence-electron chi connectivity index (χ1n) is 17.6. The van der Waals surface area contributed by atoms with E-state index in [4.69, 9.17) is 5.73 Å². The molecule has 1 unspecified atom stereocenters. The summed E-state index contributed by atoms with van der Waals surface area (Å²) in [6, 6.07) is 12.3. The monoisotopic (exact) mass is 617 g/mol. The highest BCUT2D eigenvalue weighted by atomic mass is 19.3. The zero-order chi connectivity index (χ0) is 32.4. The van der Waals surface area contributed by atoms with Crippen LogP contribution in [0.2, 0.25) is 0 Å². The summed E-state index contributed by atoms with van der Waals surface area (Å²) in [6.45, 7) is 13.6. The molecular weight excluding hydrogens is 560 g/mol. The van der Waals surface area contributed by atoms with Crippen molar-refractivity contribution in [2.75, 3.05) is 18.4 Å². The molecule has 0 amide bonds. The van der Waals surface area contributed by atoms with Crippen LogP contribution in [-0.4, -0.2) is 24.0 Å². The van der Waals surface area contributed by atoms with Gasteiger partial charge in [0.05, 0.1) is 6.04 Å². The molecule has 4 aliphatic rings. The smallest absolute Gasteiger partial charge is 0.270 e. The molecule has 2 aromatic carbocycles. The molecule has 5 heteroatoms. The Morgan fingerprint density at radius 3 is 2.31 bits per heavy atom. The lowest BCUT2D eigenvalue weighted by Crippen LogP contribution is -2.44. The minimum absolute atomic E-state index is 0.0855. The molecule has 2 aliphatic heterocycles.